The number of anilines is 1. The van der Waals surface area contributed by atoms with Gasteiger partial charge < -0.3 is 30.7 Å². The molecule has 1 saturated heterocycles. The number of rotatable bonds is 2. The molecule has 35 heavy (non-hydrogen) atoms. The van der Waals surface area contributed by atoms with Gasteiger partial charge in [-0.1, -0.05) is 0 Å². The third kappa shape index (κ3) is 6.34. The molecule has 0 bridgehead atoms. The molecule has 0 aromatic carbocycles. The molecule has 1 fully saturated rings. The van der Waals surface area contributed by atoms with Crippen molar-refractivity contribution in [3.63, 3.8) is 0 Å². The number of nitrogens with one attached hydrogen (secondary N) is 4. The van der Waals surface area contributed by atoms with Gasteiger partial charge in [0.05, 0.1) is 19.0 Å². The van der Waals surface area contributed by atoms with Gasteiger partial charge in [-0.15, -0.1) is 0 Å². The normalized spacial score (nSPS) is 18.9. The highest BCUT2D eigenvalue weighted by Crippen LogP contribution is 2.27. The Bertz CT molecular complexity index is 1480. The molecule has 0 radical (unpaired) electrons. The van der Waals surface area contributed by atoms with Gasteiger partial charge >= 0.3 is 11.4 Å². The highest BCUT2D eigenvalue weighted by Gasteiger charge is 2.34. The summed E-state index contributed by atoms with van der Waals surface area (Å²) in [5.41, 5.74) is 5.28. The number of ether oxygens (including phenoxy) is 1. The van der Waals surface area contributed by atoms with E-state index in [-0.39, 0.29) is 18.6 Å². The summed E-state index contributed by atoms with van der Waals surface area (Å²) >= 11 is 0. The molecule has 5 heterocycles. The first-order chi connectivity index (χ1) is 16.7. The van der Waals surface area contributed by atoms with Gasteiger partial charge in [-0.2, -0.15) is 0 Å². The molecule has 4 aromatic heterocycles. The number of aliphatic hydroxyl groups excluding tert-OH is 2. The predicted molar refractivity (Wildman–Crippen MR) is 121 cm³/mol. The van der Waals surface area contributed by atoms with Gasteiger partial charge in [-0.25, -0.2) is 24.5 Å². The van der Waals surface area contributed by atoms with E-state index in [0.717, 1.165) is 0 Å². The lowest BCUT2D eigenvalue weighted by molar-refractivity contribution is -0.0459. The van der Waals surface area contributed by atoms with Gasteiger partial charge in [0.2, 0.25) is 0 Å². The van der Waals surface area contributed by atoms with Gasteiger partial charge in [0.1, 0.15) is 24.2 Å². The van der Waals surface area contributed by atoms with Gasteiger partial charge in [0, 0.05) is 30.4 Å². The van der Waals surface area contributed by atoms with Gasteiger partial charge in [0.15, 0.2) is 11.5 Å². The summed E-state index contributed by atoms with van der Waals surface area (Å²) in [7, 11) is 0. The summed E-state index contributed by atoms with van der Waals surface area (Å²) in [5.74, 6) is 0.433. The second kappa shape index (κ2) is 11.1. The molecular formula is C19H23N9O7. The van der Waals surface area contributed by atoms with E-state index in [1.165, 1.54) is 35.7 Å². The first-order valence-electron chi connectivity index (χ1n) is 10.1. The van der Waals surface area contributed by atoms with Crippen LogP contribution in [-0.4, -0.2) is 68.5 Å². The third-order valence-corrected chi connectivity index (χ3v) is 4.78. The Morgan fingerprint density at radius 1 is 1.17 bits per heavy atom. The molecule has 8 N–H and O–H groups in total. The number of nitrogens with two attached hydrogens (primary N) is 1. The highest BCUT2D eigenvalue weighted by atomic mass is 16.5. The van der Waals surface area contributed by atoms with Crippen LogP contribution >= 0.6 is 0 Å². The predicted octanol–water partition coefficient (Wildman–Crippen LogP) is -2.52. The Labute approximate surface area is 194 Å². The molecule has 0 aliphatic carbocycles. The monoisotopic (exact) mass is 489 g/mol. The fourth-order valence-electron chi connectivity index (χ4n) is 3.02. The highest BCUT2D eigenvalue weighted by molar-refractivity contribution is 5.80. The molecule has 0 unspecified atom stereocenters. The number of nitrogen functional groups attached to an aromatic ring is 1. The molecular weight excluding hydrogens is 466 g/mol. The third-order valence-electron chi connectivity index (χ3n) is 4.78. The standard InChI is InChI=1S/C10H14N2O5.C5H5N5.C4H4N2O2/c1-5-3-12(10(16)11-9(5)15)8-2-6(14)7(4-13)17-8;6-4-3-5(9-1-7-3)10-2-8-4;7-3-1-2-5-4(8)6-3/h3,6-8,13-14H,2,4H2,1H3,(H,11,15,16);1-2H,(H3,6,7,8,9,10);1-2H,(H2,5,6,7,8)/t6-,7+,8+;;/m0../s1. The van der Waals surface area contributed by atoms with Crippen molar-refractivity contribution >= 4 is 17.0 Å². The Hall–Kier alpha value is -4.41. The van der Waals surface area contributed by atoms with Crippen LogP contribution in [0, 0.1) is 6.92 Å². The number of hydrogen-bond donors (Lipinski definition) is 7. The number of aromatic amines is 4. The van der Waals surface area contributed by atoms with E-state index in [4.69, 9.17) is 15.6 Å². The lowest BCUT2D eigenvalue weighted by atomic mass is 10.2. The Morgan fingerprint density at radius 3 is 2.54 bits per heavy atom. The summed E-state index contributed by atoms with van der Waals surface area (Å²) in [6.07, 6.45) is 3.64. The maximum absolute atomic E-state index is 11.6. The van der Waals surface area contributed by atoms with Crippen molar-refractivity contribution in [2.24, 2.45) is 0 Å². The molecule has 0 amide bonds. The Balaban J connectivity index is 0.000000161. The molecule has 0 spiro atoms. The van der Waals surface area contributed by atoms with E-state index in [1.807, 2.05) is 4.98 Å². The summed E-state index contributed by atoms with van der Waals surface area (Å²) in [5, 5.41) is 18.5. The van der Waals surface area contributed by atoms with E-state index >= 15 is 0 Å². The number of aliphatic hydroxyl groups is 2. The molecule has 16 nitrogen and oxygen atoms in total. The number of aryl methyl sites for hydroxylation is 1. The van der Waals surface area contributed by atoms with E-state index in [1.54, 1.807) is 6.92 Å². The average molecular weight is 489 g/mol. The van der Waals surface area contributed by atoms with Crippen LogP contribution in [0.1, 0.15) is 18.2 Å². The van der Waals surface area contributed by atoms with Crippen LogP contribution in [0.4, 0.5) is 5.82 Å². The lowest BCUT2D eigenvalue weighted by Gasteiger charge is -2.14. The molecule has 5 rings (SSSR count). The number of H-pyrrole nitrogens is 4. The van der Waals surface area contributed by atoms with Crippen LogP contribution in [0.15, 0.2) is 50.3 Å². The maximum atomic E-state index is 11.6. The second-order valence-electron chi connectivity index (χ2n) is 7.25. The van der Waals surface area contributed by atoms with Crippen molar-refractivity contribution in [3.8, 4) is 0 Å². The Morgan fingerprint density at radius 2 is 1.94 bits per heavy atom. The topological polar surface area (TPSA) is 251 Å². The summed E-state index contributed by atoms with van der Waals surface area (Å²) in [6, 6.07) is 1.24. The fourth-order valence-corrected chi connectivity index (χ4v) is 3.02. The zero-order valence-electron chi connectivity index (χ0n) is 18.3. The number of aromatic nitrogens is 8. The van der Waals surface area contributed by atoms with E-state index < -0.39 is 35.4 Å². The first-order valence-corrected chi connectivity index (χ1v) is 10.1. The van der Waals surface area contributed by atoms with Crippen molar-refractivity contribution in [2.45, 2.75) is 31.8 Å². The summed E-state index contributed by atoms with van der Waals surface area (Å²) in [4.78, 5) is 63.9. The number of imidazole rings is 1. The zero-order valence-corrected chi connectivity index (χ0v) is 18.3. The molecule has 4 aromatic rings. The molecule has 16 heteroatoms. The average Bonchev–Trinajstić information content (AvgIpc) is 3.44. The molecule has 3 atom stereocenters. The van der Waals surface area contributed by atoms with E-state index in [0.29, 0.717) is 22.5 Å². The Kier molecular flexibility index (Phi) is 8.03. The van der Waals surface area contributed by atoms with Crippen LogP contribution in [-0.2, 0) is 4.74 Å². The summed E-state index contributed by atoms with van der Waals surface area (Å²) in [6.45, 7) is 1.26. The van der Waals surface area contributed by atoms with Crippen molar-refractivity contribution in [2.75, 3.05) is 12.3 Å². The SMILES string of the molecule is Cc1cn([C@H]2C[C@H](O)[C@@H](CO)O2)c(=O)[nH]c1=O.Nc1ncnc2nc[nH]c12.O=c1cc[nH]c(=O)[nH]1. The van der Waals surface area contributed by atoms with Crippen LogP contribution in [0.25, 0.3) is 11.2 Å². The summed E-state index contributed by atoms with van der Waals surface area (Å²) < 4.78 is 6.54. The lowest BCUT2D eigenvalue weighted by Crippen LogP contribution is -2.33. The minimum absolute atomic E-state index is 0.205. The van der Waals surface area contributed by atoms with Crippen LogP contribution < -0.4 is 28.2 Å². The van der Waals surface area contributed by atoms with Crippen molar-refractivity contribution in [1.82, 2.24) is 39.5 Å². The molecule has 0 saturated carbocycles. The van der Waals surface area contributed by atoms with Crippen LogP contribution in [0.5, 0.6) is 0 Å². The quantitative estimate of drug-likeness (QED) is 0.155. The largest absolute Gasteiger partial charge is 0.394 e. The number of nitrogens with zero attached hydrogens (tertiary/aromatic N) is 4. The molecule has 1 aliphatic heterocycles. The molecule has 1 aliphatic rings. The maximum Gasteiger partial charge on any atom is 0.330 e. The van der Waals surface area contributed by atoms with E-state index in [2.05, 4.69) is 29.9 Å². The van der Waals surface area contributed by atoms with Crippen molar-refractivity contribution in [1.29, 1.82) is 0 Å². The zero-order chi connectivity index (χ0) is 25.5. The number of hydrogen-bond acceptors (Lipinski definition) is 11. The van der Waals surface area contributed by atoms with Crippen LogP contribution in [0.3, 0.4) is 0 Å². The second-order valence-corrected chi connectivity index (χ2v) is 7.25. The van der Waals surface area contributed by atoms with Gasteiger partial charge in [0.25, 0.3) is 11.1 Å². The van der Waals surface area contributed by atoms with Crippen LogP contribution in [0.2, 0.25) is 0 Å². The van der Waals surface area contributed by atoms with Gasteiger partial charge in [-0.05, 0) is 6.92 Å². The van der Waals surface area contributed by atoms with E-state index in [9.17, 15) is 24.3 Å². The minimum atomic E-state index is -0.816. The van der Waals surface area contributed by atoms with Crippen molar-refractivity contribution < 1.29 is 14.9 Å². The van der Waals surface area contributed by atoms with Gasteiger partial charge in [-0.3, -0.25) is 24.1 Å². The number of fused-ring (bicyclic) bond motifs is 1. The fraction of sp³-hybridized carbons (Fsp3) is 0.316. The first kappa shape index (κ1) is 25.2. The minimum Gasteiger partial charge on any atom is -0.394 e. The molecule has 186 valence electrons. The smallest absolute Gasteiger partial charge is 0.330 e. The van der Waals surface area contributed by atoms with Crippen molar-refractivity contribution in [3.05, 3.63) is 78.4 Å².